The van der Waals surface area contributed by atoms with Crippen molar-refractivity contribution in [2.45, 2.75) is 97.2 Å². The second kappa shape index (κ2) is 15.7. The fourth-order valence-electron chi connectivity index (χ4n) is 3.42. The van der Waals surface area contributed by atoms with E-state index in [0.717, 1.165) is 0 Å². The van der Waals surface area contributed by atoms with Gasteiger partial charge in [-0.05, 0) is 45.6 Å². The molecule has 1 rings (SSSR count). The molecule has 5 N–H and O–H groups in total. The first-order chi connectivity index (χ1) is 18.1. The third-order valence-electron chi connectivity index (χ3n) is 5.72. The van der Waals surface area contributed by atoms with Crippen molar-refractivity contribution in [1.29, 1.82) is 0 Å². The van der Waals surface area contributed by atoms with Gasteiger partial charge in [-0.3, -0.25) is 14.4 Å². The van der Waals surface area contributed by atoms with Crippen molar-refractivity contribution in [1.82, 2.24) is 16.0 Å². The van der Waals surface area contributed by atoms with Gasteiger partial charge >= 0.3 is 18.0 Å². The molecule has 0 aliphatic carbocycles. The van der Waals surface area contributed by atoms with Crippen LogP contribution < -0.4 is 16.0 Å². The van der Waals surface area contributed by atoms with Crippen molar-refractivity contribution in [3.63, 3.8) is 0 Å². The van der Waals surface area contributed by atoms with E-state index in [9.17, 15) is 34.2 Å². The van der Waals surface area contributed by atoms with Crippen LogP contribution in [-0.4, -0.2) is 69.9 Å². The molecule has 0 aliphatic heterocycles. The topological polar surface area (TPSA) is 180 Å². The standard InChI is InChI=1S/C27H41N3O9/c1-7-16(2)21(25(35)36)29-23(33)19(13-14-20(32)39-27(4,5)6)28-24(34)22(17(3)31)30-26(37)38-15-18-11-9-8-10-12-18/h8-12,16-17,19,21-22,31H,7,13-15H2,1-6H3,(H,28,34)(H,29,33)(H,30,37)(H,35,36)/t16?,17?,19-,21-,22-/m0/s1. The van der Waals surface area contributed by atoms with Crippen LogP contribution in [0.15, 0.2) is 30.3 Å². The minimum absolute atomic E-state index is 0.0755. The highest BCUT2D eigenvalue weighted by molar-refractivity contribution is 5.93. The number of carboxylic acid groups (broad SMARTS) is 1. The van der Waals surface area contributed by atoms with Gasteiger partial charge in [-0.1, -0.05) is 50.6 Å². The van der Waals surface area contributed by atoms with E-state index in [1.165, 1.54) is 6.92 Å². The van der Waals surface area contributed by atoms with E-state index in [1.807, 2.05) is 0 Å². The number of hydrogen-bond donors (Lipinski definition) is 5. The third-order valence-corrected chi connectivity index (χ3v) is 5.72. The van der Waals surface area contributed by atoms with Gasteiger partial charge in [-0.2, -0.15) is 0 Å². The van der Waals surface area contributed by atoms with E-state index in [-0.39, 0.29) is 19.4 Å². The normalized spacial score (nSPS) is 15.1. The number of esters is 1. The van der Waals surface area contributed by atoms with Gasteiger partial charge in [0.05, 0.1) is 6.10 Å². The highest BCUT2D eigenvalue weighted by Gasteiger charge is 2.33. The summed E-state index contributed by atoms with van der Waals surface area (Å²) in [6.45, 7) is 9.64. The van der Waals surface area contributed by atoms with Crippen LogP contribution in [-0.2, 0) is 35.3 Å². The molecule has 0 saturated carbocycles. The second-order valence-electron chi connectivity index (χ2n) is 10.3. The van der Waals surface area contributed by atoms with Crippen molar-refractivity contribution in [2.75, 3.05) is 0 Å². The van der Waals surface area contributed by atoms with Crippen molar-refractivity contribution < 1.29 is 43.7 Å². The van der Waals surface area contributed by atoms with Crippen LogP contribution in [0.2, 0.25) is 0 Å². The minimum Gasteiger partial charge on any atom is -0.480 e. The number of ether oxygens (including phenoxy) is 2. The number of hydrogen-bond acceptors (Lipinski definition) is 8. The smallest absolute Gasteiger partial charge is 0.408 e. The van der Waals surface area contributed by atoms with Gasteiger partial charge < -0.3 is 35.6 Å². The zero-order chi connectivity index (χ0) is 29.8. The molecule has 12 heteroatoms. The molecule has 0 aliphatic rings. The molecule has 5 atom stereocenters. The lowest BCUT2D eigenvalue weighted by molar-refractivity contribution is -0.155. The molecule has 0 spiro atoms. The van der Waals surface area contributed by atoms with Crippen molar-refractivity contribution in [2.24, 2.45) is 5.92 Å². The number of aliphatic carboxylic acids is 1. The van der Waals surface area contributed by atoms with Crippen LogP contribution in [0.4, 0.5) is 4.79 Å². The number of carbonyl (C=O) groups is 5. The molecule has 1 aromatic rings. The molecule has 39 heavy (non-hydrogen) atoms. The zero-order valence-electron chi connectivity index (χ0n) is 23.4. The summed E-state index contributed by atoms with van der Waals surface area (Å²) < 4.78 is 10.4. The molecule has 2 unspecified atom stereocenters. The van der Waals surface area contributed by atoms with Crippen molar-refractivity contribution in [3.05, 3.63) is 35.9 Å². The average molecular weight is 552 g/mol. The van der Waals surface area contributed by atoms with Crippen LogP contribution in [0, 0.1) is 5.92 Å². The Morgan fingerprint density at radius 3 is 2.05 bits per heavy atom. The number of alkyl carbamates (subject to hydrolysis) is 1. The number of rotatable bonds is 14. The Morgan fingerprint density at radius 2 is 1.54 bits per heavy atom. The number of amides is 3. The number of nitrogens with one attached hydrogen (secondary N) is 3. The summed E-state index contributed by atoms with van der Waals surface area (Å²) in [5.74, 6) is -4.06. The maximum atomic E-state index is 13.1. The van der Waals surface area contributed by atoms with Crippen molar-refractivity contribution in [3.8, 4) is 0 Å². The fourth-order valence-corrected chi connectivity index (χ4v) is 3.42. The SMILES string of the molecule is CCC(C)[C@H](NC(=O)[C@H](CCC(=O)OC(C)(C)C)NC(=O)[C@@H](NC(=O)OCc1ccccc1)C(C)O)C(=O)O. The molecule has 3 amide bonds. The van der Waals surface area contributed by atoms with Gasteiger partial charge in [0, 0.05) is 6.42 Å². The second-order valence-corrected chi connectivity index (χ2v) is 10.3. The summed E-state index contributed by atoms with van der Waals surface area (Å²) in [5, 5.41) is 26.8. The Morgan fingerprint density at radius 1 is 0.923 bits per heavy atom. The van der Waals surface area contributed by atoms with E-state index in [1.54, 1.807) is 65.0 Å². The van der Waals surface area contributed by atoms with Crippen LogP contribution in [0.1, 0.15) is 66.4 Å². The summed E-state index contributed by atoms with van der Waals surface area (Å²) in [5.41, 5.74) is -0.0660. The molecule has 0 radical (unpaired) electrons. The predicted molar refractivity (Wildman–Crippen MR) is 141 cm³/mol. The molecule has 1 aromatic carbocycles. The molecule has 0 saturated heterocycles. The first-order valence-electron chi connectivity index (χ1n) is 12.8. The summed E-state index contributed by atoms with van der Waals surface area (Å²) in [6.07, 6.45) is -2.37. The van der Waals surface area contributed by atoms with Crippen LogP contribution >= 0.6 is 0 Å². The Hall–Kier alpha value is -3.67. The van der Waals surface area contributed by atoms with Gasteiger partial charge in [-0.15, -0.1) is 0 Å². The summed E-state index contributed by atoms with van der Waals surface area (Å²) in [6, 6.07) is 4.71. The van der Waals surface area contributed by atoms with Crippen LogP contribution in [0.5, 0.6) is 0 Å². The molecule has 12 nitrogen and oxygen atoms in total. The van der Waals surface area contributed by atoms with E-state index < -0.39 is 65.6 Å². The van der Waals surface area contributed by atoms with Gasteiger partial charge in [0.2, 0.25) is 11.8 Å². The average Bonchev–Trinajstić information content (AvgIpc) is 2.85. The number of benzene rings is 1. The van der Waals surface area contributed by atoms with Gasteiger partial charge in [0.15, 0.2) is 0 Å². The van der Waals surface area contributed by atoms with Gasteiger partial charge in [0.25, 0.3) is 0 Å². The largest absolute Gasteiger partial charge is 0.480 e. The van der Waals surface area contributed by atoms with Crippen LogP contribution in [0.25, 0.3) is 0 Å². The molecule has 0 heterocycles. The monoisotopic (exact) mass is 551 g/mol. The van der Waals surface area contributed by atoms with Crippen LogP contribution in [0.3, 0.4) is 0 Å². The van der Waals surface area contributed by atoms with E-state index in [4.69, 9.17) is 9.47 Å². The summed E-state index contributed by atoms with van der Waals surface area (Å²) in [4.78, 5) is 62.4. The number of aliphatic hydroxyl groups is 1. The summed E-state index contributed by atoms with van der Waals surface area (Å²) in [7, 11) is 0. The minimum atomic E-state index is -1.50. The number of aliphatic hydroxyl groups excluding tert-OH is 1. The Balaban J connectivity index is 3.00. The molecule has 0 bridgehead atoms. The van der Waals surface area contributed by atoms with E-state index >= 15 is 0 Å². The lowest BCUT2D eigenvalue weighted by atomic mass is 9.98. The maximum absolute atomic E-state index is 13.1. The van der Waals surface area contributed by atoms with E-state index in [2.05, 4.69) is 16.0 Å². The lowest BCUT2D eigenvalue weighted by Crippen LogP contribution is -2.58. The maximum Gasteiger partial charge on any atom is 0.408 e. The Kier molecular flexibility index (Phi) is 13.4. The first kappa shape index (κ1) is 33.4. The molecular weight excluding hydrogens is 510 g/mol. The van der Waals surface area contributed by atoms with Crippen molar-refractivity contribution >= 4 is 29.8 Å². The Bertz CT molecular complexity index is 976. The highest BCUT2D eigenvalue weighted by Crippen LogP contribution is 2.12. The molecule has 218 valence electrons. The number of carbonyl (C=O) groups excluding carboxylic acids is 4. The van der Waals surface area contributed by atoms with Gasteiger partial charge in [-0.25, -0.2) is 9.59 Å². The lowest BCUT2D eigenvalue weighted by Gasteiger charge is -2.27. The third kappa shape index (κ3) is 12.6. The fraction of sp³-hybridized carbons (Fsp3) is 0.593. The van der Waals surface area contributed by atoms with E-state index in [0.29, 0.717) is 12.0 Å². The van der Waals surface area contributed by atoms with Gasteiger partial charge in [0.1, 0.15) is 30.3 Å². The first-order valence-corrected chi connectivity index (χ1v) is 12.8. The Labute approximate surface area is 228 Å². The molecule has 0 fully saturated rings. The molecule has 0 aromatic heterocycles. The summed E-state index contributed by atoms with van der Waals surface area (Å²) >= 11 is 0. The zero-order valence-corrected chi connectivity index (χ0v) is 23.4. The highest BCUT2D eigenvalue weighted by atomic mass is 16.6. The molecular formula is C27H41N3O9. The number of carboxylic acids is 1. The predicted octanol–water partition coefficient (Wildman–Crippen LogP) is 1.88. The quantitative estimate of drug-likeness (QED) is 0.216.